The Labute approximate surface area is 98.2 Å². The van der Waals surface area contributed by atoms with E-state index in [-0.39, 0.29) is 0 Å². The molecular weight excluding hydrogens is 208 g/mol. The summed E-state index contributed by atoms with van der Waals surface area (Å²) in [6.07, 6.45) is 0. The monoisotopic (exact) mass is 232 g/mol. The highest BCUT2D eigenvalue weighted by molar-refractivity contribution is 5.00. The van der Waals surface area contributed by atoms with E-state index in [1.807, 2.05) is 41.5 Å². The van der Waals surface area contributed by atoms with Crippen LogP contribution in [0.1, 0.15) is 41.5 Å². The Morgan fingerprint density at radius 2 is 1.00 bits per heavy atom. The molecule has 1 aliphatic heterocycles. The molecule has 0 spiro atoms. The predicted octanol–water partition coefficient (Wildman–Crippen LogP) is 2.32. The molecule has 0 amide bonds. The van der Waals surface area contributed by atoms with E-state index in [0.29, 0.717) is 0 Å². The summed E-state index contributed by atoms with van der Waals surface area (Å²) >= 11 is 0. The fourth-order valence-electron chi connectivity index (χ4n) is 2.06. The minimum Gasteiger partial charge on any atom is -0.358 e. The van der Waals surface area contributed by atoms with E-state index in [1.54, 1.807) is 14.2 Å². The molecule has 0 unspecified atom stereocenters. The molecule has 1 fully saturated rings. The van der Waals surface area contributed by atoms with E-state index in [1.165, 1.54) is 0 Å². The molecule has 0 aromatic carbocycles. The Morgan fingerprint density at radius 3 is 1.38 bits per heavy atom. The number of rotatable bonds is 2. The molecule has 0 aromatic rings. The van der Waals surface area contributed by atoms with Crippen LogP contribution in [-0.2, 0) is 18.9 Å². The summed E-state index contributed by atoms with van der Waals surface area (Å²) in [5.74, 6) is -1.17. The summed E-state index contributed by atoms with van der Waals surface area (Å²) in [5, 5.41) is 0. The van der Waals surface area contributed by atoms with Crippen molar-refractivity contribution in [1.82, 2.24) is 0 Å². The van der Waals surface area contributed by atoms with Crippen molar-refractivity contribution < 1.29 is 18.9 Å². The van der Waals surface area contributed by atoms with Crippen LogP contribution in [-0.4, -0.2) is 37.0 Å². The molecule has 1 saturated heterocycles. The molecule has 4 heteroatoms. The van der Waals surface area contributed by atoms with Crippen molar-refractivity contribution in [3.05, 3.63) is 0 Å². The summed E-state index contributed by atoms with van der Waals surface area (Å²) in [7, 11) is 3.12. The number of hydrogen-bond donors (Lipinski definition) is 0. The Hall–Kier alpha value is -0.160. The highest BCUT2D eigenvalue weighted by Gasteiger charge is 2.62. The van der Waals surface area contributed by atoms with Crippen molar-refractivity contribution in [1.29, 1.82) is 0 Å². The molecule has 1 rings (SSSR count). The van der Waals surface area contributed by atoms with E-state index < -0.39 is 22.8 Å². The van der Waals surface area contributed by atoms with Gasteiger partial charge < -0.3 is 18.9 Å². The quantitative estimate of drug-likeness (QED) is 0.685. The van der Waals surface area contributed by atoms with Gasteiger partial charge in [-0.3, -0.25) is 0 Å². The van der Waals surface area contributed by atoms with Crippen molar-refractivity contribution in [2.75, 3.05) is 14.2 Å². The van der Waals surface area contributed by atoms with Gasteiger partial charge >= 0.3 is 5.97 Å². The molecule has 0 saturated carbocycles. The molecule has 0 atom stereocenters. The third kappa shape index (κ3) is 1.78. The third-order valence-corrected chi connectivity index (χ3v) is 3.62. The summed E-state index contributed by atoms with van der Waals surface area (Å²) in [5.41, 5.74) is -1.61. The highest BCUT2D eigenvalue weighted by atomic mass is 16.9. The first-order chi connectivity index (χ1) is 7.04. The largest absolute Gasteiger partial charge is 0.358 e. The molecular formula is C12H24O4. The van der Waals surface area contributed by atoms with Gasteiger partial charge in [-0.2, -0.15) is 0 Å². The molecule has 1 heterocycles. The number of ether oxygens (including phenoxy) is 4. The first kappa shape index (κ1) is 13.9. The lowest BCUT2D eigenvalue weighted by molar-refractivity contribution is -0.506. The zero-order valence-corrected chi connectivity index (χ0v) is 11.6. The minimum atomic E-state index is -1.17. The molecule has 0 aliphatic carbocycles. The van der Waals surface area contributed by atoms with Crippen molar-refractivity contribution in [3.8, 4) is 0 Å². The van der Waals surface area contributed by atoms with Crippen molar-refractivity contribution >= 4 is 0 Å². The zero-order chi connectivity index (χ0) is 12.8. The van der Waals surface area contributed by atoms with E-state index in [4.69, 9.17) is 18.9 Å². The van der Waals surface area contributed by atoms with Gasteiger partial charge in [0.05, 0.1) is 11.2 Å². The van der Waals surface area contributed by atoms with Gasteiger partial charge in [-0.05, 0) is 41.5 Å². The average Bonchev–Trinajstić information content (AvgIpc) is 2.10. The van der Waals surface area contributed by atoms with Crippen LogP contribution >= 0.6 is 0 Å². The lowest BCUT2D eigenvalue weighted by atomic mass is 9.85. The Morgan fingerprint density at radius 1 is 0.625 bits per heavy atom. The van der Waals surface area contributed by atoms with Crippen LogP contribution in [0.3, 0.4) is 0 Å². The van der Waals surface area contributed by atoms with Crippen LogP contribution in [0.4, 0.5) is 0 Å². The third-order valence-electron chi connectivity index (χ3n) is 3.62. The first-order valence-corrected chi connectivity index (χ1v) is 5.54. The smallest absolute Gasteiger partial charge is 0.313 e. The molecule has 96 valence electrons. The van der Waals surface area contributed by atoms with Gasteiger partial charge in [0.15, 0.2) is 0 Å². The second-order valence-corrected chi connectivity index (χ2v) is 5.70. The van der Waals surface area contributed by atoms with Gasteiger partial charge in [-0.25, -0.2) is 0 Å². The summed E-state index contributed by atoms with van der Waals surface area (Å²) in [6.45, 7) is 11.7. The average molecular weight is 232 g/mol. The van der Waals surface area contributed by atoms with E-state index in [9.17, 15) is 0 Å². The van der Waals surface area contributed by atoms with Crippen molar-refractivity contribution in [2.45, 2.75) is 64.3 Å². The summed E-state index contributed by atoms with van der Waals surface area (Å²) in [4.78, 5) is 0. The summed E-state index contributed by atoms with van der Waals surface area (Å²) < 4.78 is 22.9. The van der Waals surface area contributed by atoms with E-state index >= 15 is 0 Å². The van der Waals surface area contributed by atoms with Gasteiger partial charge in [0.25, 0.3) is 0 Å². The molecule has 0 aromatic heterocycles. The maximum atomic E-state index is 6.10. The van der Waals surface area contributed by atoms with Crippen LogP contribution < -0.4 is 0 Å². The van der Waals surface area contributed by atoms with Crippen LogP contribution in [0.5, 0.6) is 0 Å². The Bertz CT molecular complexity index is 264. The van der Waals surface area contributed by atoms with E-state index in [2.05, 4.69) is 0 Å². The highest BCUT2D eigenvalue weighted by Crippen LogP contribution is 2.47. The lowest BCUT2D eigenvalue weighted by Gasteiger charge is -2.58. The van der Waals surface area contributed by atoms with Gasteiger partial charge in [0.2, 0.25) is 0 Å². The fraction of sp³-hybridized carbons (Fsp3) is 1.00. The van der Waals surface area contributed by atoms with Gasteiger partial charge in [-0.15, -0.1) is 0 Å². The Balaban J connectivity index is 3.17. The fourth-order valence-corrected chi connectivity index (χ4v) is 2.06. The number of methoxy groups -OCH3 is 2. The normalized spacial score (nSPS) is 30.0. The molecule has 0 N–H and O–H groups in total. The van der Waals surface area contributed by atoms with Crippen LogP contribution in [0, 0.1) is 0 Å². The first-order valence-electron chi connectivity index (χ1n) is 5.54. The molecule has 4 nitrogen and oxygen atoms in total. The van der Waals surface area contributed by atoms with Gasteiger partial charge in [0.1, 0.15) is 5.60 Å². The second kappa shape index (κ2) is 3.67. The van der Waals surface area contributed by atoms with Crippen molar-refractivity contribution in [2.24, 2.45) is 0 Å². The molecule has 16 heavy (non-hydrogen) atoms. The zero-order valence-electron chi connectivity index (χ0n) is 11.6. The van der Waals surface area contributed by atoms with Gasteiger partial charge in [-0.1, -0.05) is 0 Å². The minimum absolute atomic E-state index is 0.420. The molecule has 1 aliphatic rings. The van der Waals surface area contributed by atoms with Crippen molar-refractivity contribution in [3.63, 3.8) is 0 Å². The van der Waals surface area contributed by atoms with Crippen LogP contribution in [0.15, 0.2) is 0 Å². The number of hydrogen-bond acceptors (Lipinski definition) is 4. The SMILES string of the molecule is COC1(OC)OC(C)(C)C(C)(C)OC1(C)C. The predicted molar refractivity (Wildman–Crippen MR) is 61.2 cm³/mol. The van der Waals surface area contributed by atoms with E-state index in [0.717, 1.165) is 0 Å². The van der Waals surface area contributed by atoms with Crippen LogP contribution in [0.2, 0.25) is 0 Å². The second-order valence-electron chi connectivity index (χ2n) is 5.70. The maximum absolute atomic E-state index is 6.10. The Kier molecular flexibility index (Phi) is 3.19. The standard InChI is InChI=1S/C12H24O4/c1-9(2)10(3,4)16-12(13-7,14-8)11(5,6)15-9/h1-8H3. The summed E-state index contributed by atoms with van der Waals surface area (Å²) in [6, 6.07) is 0. The lowest BCUT2D eigenvalue weighted by Crippen LogP contribution is -2.71. The molecule has 0 bridgehead atoms. The van der Waals surface area contributed by atoms with Crippen LogP contribution in [0.25, 0.3) is 0 Å². The topological polar surface area (TPSA) is 36.9 Å². The maximum Gasteiger partial charge on any atom is 0.313 e. The molecule has 0 radical (unpaired) electrons. The van der Waals surface area contributed by atoms with Gasteiger partial charge in [0, 0.05) is 14.2 Å².